The number of aromatic nitrogens is 2. The number of pyridine rings is 1. The molecule has 38 heavy (non-hydrogen) atoms. The van der Waals surface area contributed by atoms with E-state index < -0.39 is 0 Å². The summed E-state index contributed by atoms with van der Waals surface area (Å²) in [6.07, 6.45) is 1.77. The van der Waals surface area contributed by atoms with Crippen LogP contribution in [0.2, 0.25) is 0 Å². The molecule has 6 rings (SSSR count). The van der Waals surface area contributed by atoms with Crippen LogP contribution in [0.3, 0.4) is 0 Å². The van der Waals surface area contributed by atoms with E-state index in [0.29, 0.717) is 12.2 Å². The minimum Gasteiger partial charge on any atom is -0.352 e. The molecular formula is C32H28N4OS. The van der Waals surface area contributed by atoms with Gasteiger partial charge in [0, 0.05) is 29.9 Å². The van der Waals surface area contributed by atoms with Gasteiger partial charge in [-0.1, -0.05) is 66.4 Å². The Balaban J connectivity index is 1.29. The van der Waals surface area contributed by atoms with Gasteiger partial charge in [-0.05, 0) is 72.4 Å². The fourth-order valence-corrected chi connectivity index (χ4v) is 6.07. The predicted molar refractivity (Wildman–Crippen MR) is 158 cm³/mol. The molecule has 0 saturated heterocycles. The highest BCUT2D eigenvalue weighted by Gasteiger charge is 2.22. The molecule has 0 amide bonds. The first-order valence-corrected chi connectivity index (χ1v) is 13.5. The molecule has 0 fully saturated rings. The molecule has 0 spiro atoms. The average Bonchev–Trinajstić information content (AvgIpc) is 3.36. The second kappa shape index (κ2) is 9.88. The maximum Gasteiger partial charge on any atom is 0.188 e. The Bertz CT molecular complexity index is 1670. The van der Waals surface area contributed by atoms with Crippen molar-refractivity contribution in [3.8, 4) is 11.1 Å². The van der Waals surface area contributed by atoms with Gasteiger partial charge in [0.15, 0.2) is 11.4 Å². The van der Waals surface area contributed by atoms with Crippen LogP contribution < -0.4 is 10.2 Å². The summed E-state index contributed by atoms with van der Waals surface area (Å²) in [6, 6.07) is 24.8. The van der Waals surface area contributed by atoms with Crippen LogP contribution in [0.15, 0.2) is 79.4 Å². The Morgan fingerprint density at radius 2 is 1.82 bits per heavy atom. The second-order valence-electron chi connectivity index (χ2n) is 9.67. The van der Waals surface area contributed by atoms with Gasteiger partial charge in [-0.3, -0.25) is 4.79 Å². The third-order valence-corrected chi connectivity index (χ3v) is 8.34. The number of para-hydroxylation sites is 1. The number of carbonyl (C=O) groups is 1. The van der Waals surface area contributed by atoms with Crippen molar-refractivity contribution in [1.29, 1.82) is 0 Å². The van der Waals surface area contributed by atoms with Gasteiger partial charge in [0.1, 0.15) is 11.5 Å². The molecule has 5 aromatic rings. The molecule has 1 N–H and O–H groups in total. The fourth-order valence-electron chi connectivity index (χ4n) is 5.18. The van der Waals surface area contributed by atoms with Crippen LogP contribution in [0.1, 0.15) is 38.3 Å². The van der Waals surface area contributed by atoms with E-state index in [4.69, 9.17) is 9.97 Å². The summed E-state index contributed by atoms with van der Waals surface area (Å²) < 4.78 is 1.14. The highest BCUT2D eigenvalue weighted by molar-refractivity contribution is 7.22. The highest BCUT2D eigenvalue weighted by atomic mass is 32.1. The van der Waals surface area contributed by atoms with Crippen molar-refractivity contribution in [2.24, 2.45) is 0 Å². The van der Waals surface area contributed by atoms with E-state index in [9.17, 15) is 4.79 Å². The number of hydrogen-bond acceptors (Lipinski definition) is 6. The van der Waals surface area contributed by atoms with Gasteiger partial charge in [0.2, 0.25) is 0 Å². The van der Waals surface area contributed by atoms with E-state index in [1.54, 1.807) is 11.3 Å². The number of anilines is 2. The summed E-state index contributed by atoms with van der Waals surface area (Å²) in [7, 11) is 0. The average molecular weight is 517 g/mol. The Hall–Kier alpha value is -4.29. The molecule has 3 heterocycles. The lowest BCUT2D eigenvalue weighted by Crippen LogP contribution is -2.32. The lowest BCUT2D eigenvalue weighted by Gasteiger charge is -2.32. The molecular weight excluding hydrogens is 488 g/mol. The molecule has 6 heteroatoms. The Morgan fingerprint density at radius 1 is 0.974 bits per heavy atom. The van der Waals surface area contributed by atoms with Crippen LogP contribution >= 0.6 is 11.3 Å². The van der Waals surface area contributed by atoms with Crippen molar-refractivity contribution in [3.05, 3.63) is 113 Å². The lowest BCUT2D eigenvalue weighted by molar-refractivity contribution is 0.111. The predicted octanol–water partition coefficient (Wildman–Crippen LogP) is 7.43. The first-order valence-electron chi connectivity index (χ1n) is 12.7. The molecule has 3 aromatic carbocycles. The molecule has 0 bridgehead atoms. The van der Waals surface area contributed by atoms with Gasteiger partial charge >= 0.3 is 0 Å². The van der Waals surface area contributed by atoms with E-state index >= 15 is 0 Å². The van der Waals surface area contributed by atoms with E-state index in [1.807, 2.05) is 36.4 Å². The molecule has 2 aromatic heterocycles. The van der Waals surface area contributed by atoms with Gasteiger partial charge in [0.05, 0.1) is 10.2 Å². The van der Waals surface area contributed by atoms with Crippen LogP contribution in [0.5, 0.6) is 0 Å². The van der Waals surface area contributed by atoms with Gasteiger partial charge in [0.25, 0.3) is 0 Å². The minimum atomic E-state index is 0.470. The Labute approximate surface area is 226 Å². The number of carbonyl (C=O) groups excluding carboxylic acids is 1. The standard InChI is InChI=1S/C32H28N4OS/c1-20-8-6-10-24(21(20)2)26-14-15-31(34-29(26)19-37)36-17-16-23-9-7-11-25(27(23)18-36)22(3)33-32-35-28-12-4-5-13-30(28)38-32/h4-15,19H,3,16-18H2,1-2H3,(H,33,35). The normalized spacial score (nSPS) is 12.8. The molecule has 188 valence electrons. The number of benzene rings is 3. The van der Waals surface area contributed by atoms with Gasteiger partial charge in [-0.15, -0.1) is 0 Å². The number of aryl methyl sites for hydroxylation is 1. The minimum absolute atomic E-state index is 0.470. The number of hydrogen-bond donors (Lipinski definition) is 1. The zero-order valence-corrected chi connectivity index (χ0v) is 22.3. The Kier molecular flexibility index (Phi) is 6.26. The van der Waals surface area contributed by atoms with Crippen LogP contribution in [0, 0.1) is 13.8 Å². The maximum atomic E-state index is 12.1. The molecule has 0 unspecified atom stereocenters. The first kappa shape index (κ1) is 24.1. The van der Waals surface area contributed by atoms with Crippen LogP contribution in [0.25, 0.3) is 27.0 Å². The maximum absolute atomic E-state index is 12.1. The van der Waals surface area contributed by atoms with Crippen molar-refractivity contribution in [2.45, 2.75) is 26.8 Å². The van der Waals surface area contributed by atoms with Crippen molar-refractivity contribution in [2.75, 3.05) is 16.8 Å². The van der Waals surface area contributed by atoms with Gasteiger partial charge in [-0.25, -0.2) is 9.97 Å². The summed E-state index contributed by atoms with van der Waals surface area (Å²) in [6.45, 7) is 10.1. The molecule has 1 aliphatic rings. The largest absolute Gasteiger partial charge is 0.352 e. The summed E-state index contributed by atoms with van der Waals surface area (Å²) in [5.74, 6) is 0.811. The SMILES string of the molecule is C=C(Nc1nc2ccccc2s1)c1cccc2c1CN(c1ccc(-c3cccc(C)c3C)c(C=O)n1)CC2. The number of nitrogens with one attached hydrogen (secondary N) is 1. The zero-order chi connectivity index (χ0) is 26.2. The quantitative estimate of drug-likeness (QED) is 0.238. The zero-order valence-electron chi connectivity index (χ0n) is 21.5. The molecule has 0 radical (unpaired) electrons. The summed E-state index contributed by atoms with van der Waals surface area (Å²) in [5.41, 5.74) is 10.2. The summed E-state index contributed by atoms with van der Waals surface area (Å²) >= 11 is 1.62. The summed E-state index contributed by atoms with van der Waals surface area (Å²) in [5, 5.41) is 4.27. The second-order valence-corrected chi connectivity index (χ2v) is 10.7. The topological polar surface area (TPSA) is 58.1 Å². The number of aldehydes is 1. The third-order valence-electron chi connectivity index (χ3n) is 7.39. The van der Waals surface area contributed by atoms with E-state index in [2.05, 4.69) is 67.0 Å². The van der Waals surface area contributed by atoms with Crippen LogP contribution in [-0.2, 0) is 13.0 Å². The third kappa shape index (κ3) is 4.37. The molecule has 0 atom stereocenters. The van der Waals surface area contributed by atoms with E-state index in [1.165, 1.54) is 22.3 Å². The Morgan fingerprint density at radius 3 is 2.66 bits per heavy atom. The van der Waals surface area contributed by atoms with Crippen molar-refractivity contribution >= 4 is 44.5 Å². The van der Waals surface area contributed by atoms with Gasteiger partial charge in [-0.2, -0.15) is 0 Å². The summed E-state index contributed by atoms with van der Waals surface area (Å²) in [4.78, 5) is 23.9. The van der Waals surface area contributed by atoms with Crippen LogP contribution in [0.4, 0.5) is 10.9 Å². The molecule has 0 saturated carbocycles. The number of rotatable bonds is 6. The van der Waals surface area contributed by atoms with Gasteiger partial charge < -0.3 is 10.2 Å². The van der Waals surface area contributed by atoms with Crippen molar-refractivity contribution < 1.29 is 4.79 Å². The van der Waals surface area contributed by atoms with E-state index in [-0.39, 0.29) is 0 Å². The smallest absolute Gasteiger partial charge is 0.188 e. The number of thiazole rings is 1. The molecule has 1 aliphatic heterocycles. The fraction of sp³-hybridized carbons (Fsp3) is 0.156. The van der Waals surface area contributed by atoms with Crippen molar-refractivity contribution in [3.63, 3.8) is 0 Å². The van der Waals surface area contributed by atoms with Crippen LogP contribution in [-0.4, -0.2) is 22.8 Å². The van der Waals surface area contributed by atoms with Crippen molar-refractivity contribution in [1.82, 2.24) is 9.97 Å². The molecule has 5 nitrogen and oxygen atoms in total. The number of fused-ring (bicyclic) bond motifs is 2. The monoisotopic (exact) mass is 516 g/mol. The highest BCUT2D eigenvalue weighted by Crippen LogP contribution is 2.34. The first-order chi connectivity index (χ1) is 18.5. The molecule has 0 aliphatic carbocycles. The van der Waals surface area contributed by atoms with E-state index in [0.717, 1.165) is 62.8 Å². The lowest BCUT2D eigenvalue weighted by atomic mass is 9.93. The number of nitrogens with zero attached hydrogens (tertiary/aromatic N) is 3.